The number of nitrogens with one attached hydrogen (secondary N) is 2. The van der Waals surface area contributed by atoms with Gasteiger partial charge in [0.25, 0.3) is 11.8 Å². The normalized spacial score (nSPS) is 10.5. The topological polar surface area (TPSA) is 81.6 Å². The Morgan fingerprint density at radius 3 is 2.63 bits per heavy atom. The van der Waals surface area contributed by atoms with E-state index in [2.05, 4.69) is 10.9 Å². The summed E-state index contributed by atoms with van der Waals surface area (Å²) in [6.07, 6.45) is 1.72. The number of carbonyl (C=O) groups excluding carboxylic acids is 2. The number of carbonyl (C=O) groups is 2. The molecule has 2 aromatic carbocycles. The maximum absolute atomic E-state index is 12.4. The Labute approximate surface area is 156 Å². The van der Waals surface area contributed by atoms with Gasteiger partial charge in [0.05, 0.1) is 12.7 Å². The molecule has 7 heteroatoms. The molecule has 0 aliphatic carbocycles. The number of benzene rings is 2. The first-order valence-electron chi connectivity index (χ1n) is 8.40. The SMILES string of the molecule is COc1cc(C)ccc1OCC(=O)NNC(=O)c1cn(C)c2ccccc12. The smallest absolute Gasteiger partial charge is 0.276 e. The molecule has 0 aliphatic heterocycles. The van der Waals surface area contributed by atoms with E-state index in [1.165, 1.54) is 7.11 Å². The van der Waals surface area contributed by atoms with E-state index < -0.39 is 11.8 Å². The monoisotopic (exact) mass is 367 g/mol. The van der Waals surface area contributed by atoms with Crippen molar-refractivity contribution < 1.29 is 19.1 Å². The Bertz CT molecular complexity index is 994. The molecule has 2 N–H and O–H groups in total. The first-order chi connectivity index (χ1) is 13.0. The lowest BCUT2D eigenvalue weighted by atomic mass is 10.2. The molecule has 7 nitrogen and oxygen atoms in total. The zero-order valence-electron chi connectivity index (χ0n) is 15.4. The highest BCUT2D eigenvalue weighted by Gasteiger charge is 2.14. The average molecular weight is 367 g/mol. The quantitative estimate of drug-likeness (QED) is 0.678. The van der Waals surface area contributed by atoms with E-state index in [1.54, 1.807) is 12.3 Å². The fourth-order valence-electron chi connectivity index (χ4n) is 2.79. The minimum Gasteiger partial charge on any atom is -0.493 e. The second-order valence-electron chi connectivity index (χ2n) is 6.12. The molecule has 0 saturated carbocycles. The number of nitrogens with zero attached hydrogens (tertiary/aromatic N) is 1. The van der Waals surface area contributed by atoms with E-state index in [4.69, 9.17) is 9.47 Å². The molecule has 1 heterocycles. The van der Waals surface area contributed by atoms with E-state index in [0.717, 1.165) is 16.5 Å². The van der Waals surface area contributed by atoms with Crippen LogP contribution < -0.4 is 20.3 Å². The summed E-state index contributed by atoms with van der Waals surface area (Å²) in [5.74, 6) is 0.125. The number of methoxy groups -OCH3 is 1. The molecule has 0 spiro atoms. The van der Waals surface area contributed by atoms with Crippen molar-refractivity contribution in [3.63, 3.8) is 0 Å². The van der Waals surface area contributed by atoms with Crippen LogP contribution in [0.3, 0.4) is 0 Å². The summed E-state index contributed by atoms with van der Waals surface area (Å²) < 4.78 is 12.6. The van der Waals surface area contributed by atoms with E-state index in [1.807, 2.05) is 54.9 Å². The van der Waals surface area contributed by atoms with Crippen LogP contribution in [0.4, 0.5) is 0 Å². The van der Waals surface area contributed by atoms with Gasteiger partial charge in [0, 0.05) is 24.1 Å². The molecule has 27 heavy (non-hydrogen) atoms. The third-order valence-electron chi connectivity index (χ3n) is 4.13. The van der Waals surface area contributed by atoms with E-state index in [9.17, 15) is 9.59 Å². The molecule has 140 valence electrons. The zero-order valence-corrected chi connectivity index (χ0v) is 15.4. The molecule has 0 saturated heterocycles. The van der Waals surface area contributed by atoms with E-state index in [-0.39, 0.29) is 6.61 Å². The van der Waals surface area contributed by atoms with Crippen LogP contribution in [0.15, 0.2) is 48.7 Å². The number of hydrogen-bond donors (Lipinski definition) is 2. The Morgan fingerprint density at radius 2 is 1.85 bits per heavy atom. The Hall–Kier alpha value is -3.48. The van der Waals surface area contributed by atoms with Gasteiger partial charge >= 0.3 is 0 Å². The number of aromatic nitrogens is 1. The number of para-hydroxylation sites is 1. The second kappa shape index (κ2) is 7.82. The summed E-state index contributed by atoms with van der Waals surface area (Å²) in [6, 6.07) is 13.0. The average Bonchev–Trinajstić information content (AvgIpc) is 3.02. The molecule has 0 atom stereocenters. The summed E-state index contributed by atoms with van der Waals surface area (Å²) in [5, 5.41) is 0.812. The van der Waals surface area contributed by atoms with Crippen molar-refractivity contribution in [1.29, 1.82) is 0 Å². The van der Waals surface area contributed by atoms with Crippen molar-refractivity contribution in [3.05, 3.63) is 59.8 Å². The van der Waals surface area contributed by atoms with Crippen molar-refractivity contribution in [1.82, 2.24) is 15.4 Å². The fourth-order valence-corrected chi connectivity index (χ4v) is 2.79. The van der Waals surface area contributed by atoms with Gasteiger partial charge < -0.3 is 14.0 Å². The summed E-state index contributed by atoms with van der Waals surface area (Å²) in [4.78, 5) is 24.4. The van der Waals surface area contributed by atoms with Crippen molar-refractivity contribution >= 4 is 22.7 Å². The lowest BCUT2D eigenvalue weighted by Crippen LogP contribution is -2.43. The Balaban J connectivity index is 1.58. The van der Waals surface area contributed by atoms with Gasteiger partial charge in [-0.05, 0) is 30.7 Å². The molecule has 0 bridgehead atoms. The molecule has 0 aliphatic rings. The van der Waals surface area contributed by atoms with Gasteiger partial charge in [0.1, 0.15) is 0 Å². The molecule has 2 amide bonds. The van der Waals surface area contributed by atoms with Gasteiger partial charge in [-0.3, -0.25) is 20.4 Å². The number of hydrazine groups is 1. The van der Waals surface area contributed by atoms with Crippen LogP contribution in [0.25, 0.3) is 10.9 Å². The van der Waals surface area contributed by atoms with Crippen molar-refractivity contribution in [3.8, 4) is 11.5 Å². The number of hydrogen-bond acceptors (Lipinski definition) is 4. The number of aryl methyl sites for hydroxylation is 2. The standard InChI is InChI=1S/C20H21N3O4/c1-13-8-9-17(18(10-13)26-3)27-12-19(24)21-22-20(25)15-11-23(2)16-7-5-4-6-14(15)16/h4-11H,12H2,1-3H3,(H,21,24)(H,22,25). The maximum Gasteiger partial charge on any atom is 0.276 e. The lowest BCUT2D eigenvalue weighted by Gasteiger charge is -2.11. The van der Waals surface area contributed by atoms with Crippen molar-refractivity contribution in [2.24, 2.45) is 7.05 Å². The lowest BCUT2D eigenvalue weighted by molar-refractivity contribution is -0.123. The molecule has 0 fully saturated rings. The fraction of sp³-hybridized carbons (Fsp3) is 0.200. The predicted molar refractivity (Wildman–Crippen MR) is 102 cm³/mol. The predicted octanol–water partition coefficient (Wildman–Crippen LogP) is 2.34. The van der Waals surface area contributed by atoms with Gasteiger partial charge in [-0.25, -0.2) is 0 Å². The van der Waals surface area contributed by atoms with Gasteiger partial charge in [0.2, 0.25) is 0 Å². The molecule has 0 radical (unpaired) electrons. The second-order valence-corrected chi connectivity index (χ2v) is 6.12. The minimum absolute atomic E-state index is 0.255. The summed E-state index contributed by atoms with van der Waals surface area (Å²) in [5.41, 5.74) is 7.21. The van der Waals surface area contributed by atoms with Crippen LogP contribution in [-0.2, 0) is 11.8 Å². The highest BCUT2D eigenvalue weighted by Crippen LogP contribution is 2.27. The number of rotatable bonds is 5. The highest BCUT2D eigenvalue weighted by atomic mass is 16.5. The van der Waals surface area contributed by atoms with Crippen molar-refractivity contribution in [2.45, 2.75) is 6.92 Å². The highest BCUT2D eigenvalue weighted by molar-refractivity contribution is 6.07. The van der Waals surface area contributed by atoms with Crippen LogP contribution in [0.5, 0.6) is 11.5 Å². The zero-order chi connectivity index (χ0) is 19.4. The largest absolute Gasteiger partial charge is 0.493 e. The van der Waals surface area contributed by atoms with E-state index >= 15 is 0 Å². The molecular weight excluding hydrogens is 346 g/mol. The summed E-state index contributed by atoms with van der Waals surface area (Å²) in [6.45, 7) is 1.68. The van der Waals surface area contributed by atoms with Crippen LogP contribution in [-0.4, -0.2) is 30.1 Å². The number of fused-ring (bicyclic) bond motifs is 1. The summed E-state index contributed by atoms with van der Waals surface area (Å²) in [7, 11) is 3.40. The van der Waals surface area contributed by atoms with Gasteiger partial charge in [-0.15, -0.1) is 0 Å². The summed E-state index contributed by atoms with van der Waals surface area (Å²) >= 11 is 0. The van der Waals surface area contributed by atoms with Gasteiger partial charge in [0.15, 0.2) is 18.1 Å². The molecule has 3 rings (SSSR count). The van der Waals surface area contributed by atoms with Crippen molar-refractivity contribution in [2.75, 3.05) is 13.7 Å². The van der Waals surface area contributed by atoms with Crippen LogP contribution in [0.2, 0.25) is 0 Å². The minimum atomic E-state index is -0.480. The number of amides is 2. The van der Waals surface area contributed by atoms with Crippen LogP contribution >= 0.6 is 0 Å². The molecule has 1 aromatic heterocycles. The number of ether oxygens (including phenoxy) is 2. The van der Waals surface area contributed by atoms with Gasteiger partial charge in [-0.2, -0.15) is 0 Å². The Morgan fingerprint density at radius 1 is 1.07 bits per heavy atom. The molecular formula is C20H21N3O4. The van der Waals surface area contributed by atoms with Gasteiger partial charge in [-0.1, -0.05) is 24.3 Å². The molecule has 3 aromatic rings. The third kappa shape index (κ3) is 4.03. The molecule has 0 unspecified atom stereocenters. The van der Waals surface area contributed by atoms with Crippen LogP contribution in [0, 0.1) is 6.92 Å². The Kier molecular flexibility index (Phi) is 5.30. The first-order valence-corrected chi connectivity index (χ1v) is 8.40. The van der Waals surface area contributed by atoms with Crippen LogP contribution in [0.1, 0.15) is 15.9 Å². The maximum atomic E-state index is 12.4. The third-order valence-corrected chi connectivity index (χ3v) is 4.13. The van der Waals surface area contributed by atoms with E-state index in [0.29, 0.717) is 17.1 Å². The first kappa shape index (κ1) is 18.3.